The van der Waals surface area contributed by atoms with E-state index in [2.05, 4.69) is 64.8 Å². The topological polar surface area (TPSA) is 32.5 Å². The van der Waals surface area contributed by atoms with Crippen LogP contribution >= 0.6 is 15.9 Å². The fourth-order valence-corrected chi connectivity index (χ4v) is 3.16. The number of piperazine rings is 1. The Morgan fingerprint density at radius 2 is 1.84 bits per heavy atom. The van der Waals surface area contributed by atoms with Crippen molar-refractivity contribution in [1.29, 1.82) is 0 Å². The summed E-state index contributed by atoms with van der Waals surface area (Å²) < 4.78 is 1.10. The van der Waals surface area contributed by atoms with Gasteiger partial charge in [-0.25, -0.2) is 0 Å². The van der Waals surface area contributed by atoms with E-state index in [0.29, 0.717) is 12.1 Å². The molecule has 4 heteroatoms. The molecule has 0 bridgehead atoms. The predicted molar refractivity (Wildman–Crippen MR) is 85.6 cm³/mol. The number of hydrogen-bond donors (Lipinski definition) is 1. The molecule has 2 N–H and O–H groups in total. The summed E-state index contributed by atoms with van der Waals surface area (Å²) in [4.78, 5) is 4.92. The summed E-state index contributed by atoms with van der Waals surface area (Å²) in [6.45, 7) is 8.73. The number of nitrogens with zero attached hydrogens (tertiary/aromatic N) is 2. The second kappa shape index (κ2) is 5.81. The van der Waals surface area contributed by atoms with E-state index >= 15 is 0 Å². The van der Waals surface area contributed by atoms with Crippen molar-refractivity contribution in [2.75, 3.05) is 25.0 Å². The Labute approximate surface area is 124 Å². The molecule has 2 rings (SSSR count). The molecule has 1 saturated heterocycles. The first-order valence-corrected chi connectivity index (χ1v) is 7.71. The van der Waals surface area contributed by atoms with E-state index in [-0.39, 0.29) is 6.04 Å². The minimum absolute atomic E-state index is 0.0535. The van der Waals surface area contributed by atoms with E-state index < -0.39 is 0 Å². The lowest BCUT2D eigenvalue weighted by Crippen LogP contribution is -2.55. The number of hydrogen-bond acceptors (Lipinski definition) is 3. The van der Waals surface area contributed by atoms with Gasteiger partial charge in [0.05, 0.1) is 0 Å². The number of rotatable bonds is 2. The van der Waals surface area contributed by atoms with E-state index in [1.54, 1.807) is 0 Å². The Kier molecular flexibility index (Phi) is 4.54. The largest absolute Gasteiger partial charge is 0.368 e. The summed E-state index contributed by atoms with van der Waals surface area (Å²) in [6, 6.07) is 7.62. The zero-order valence-corrected chi connectivity index (χ0v) is 13.8. The van der Waals surface area contributed by atoms with E-state index in [1.165, 1.54) is 11.3 Å². The predicted octanol–water partition coefficient (Wildman–Crippen LogP) is 3.00. The van der Waals surface area contributed by atoms with E-state index in [9.17, 15) is 0 Å². The number of benzene rings is 1. The molecule has 0 spiro atoms. The Balaban J connectivity index is 2.31. The molecule has 0 amide bonds. The highest BCUT2D eigenvalue weighted by Gasteiger charge is 2.28. The van der Waals surface area contributed by atoms with Crippen molar-refractivity contribution in [3.05, 3.63) is 28.2 Å². The van der Waals surface area contributed by atoms with Crippen molar-refractivity contribution < 1.29 is 0 Å². The third kappa shape index (κ3) is 3.12. The van der Waals surface area contributed by atoms with Crippen LogP contribution in [-0.4, -0.2) is 37.1 Å². The van der Waals surface area contributed by atoms with Gasteiger partial charge in [-0.3, -0.25) is 4.90 Å². The number of likely N-dealkylation sites (N-methyl/N-ethyl adjacent to an activating group) is 1. The molecule has 1 aliphatic heterocycles. The number of nitrogens with two attached hydrogens (primary N) is 1. The standard InChI is InChI=1S/C15H24BrN3/c1-10-8-19(9-11(2)18(10)4)15-6-5-13(16)7-14(15)12(3)17/h5-7,10-12H,8-9,17H2,1-4H3. The van der Waals surface area contributed by atoms with Gasteiger partial charge in [0.1, 0.15) is 0 Å². The van der Waals surface area contributed by atoms with Gasteiger partial charge in [-0.2, -0.15) is 0 Å². The van der Waals surface area contributed by atoms with Crippen molar-refractivity contribution in [2.24, 2.45) is 5.73 Å². The molecule has 1 aliphatic rings. The molecule has 1 fully saturated rings. The molecular formula is C15H24BrN3. The van der Waals surface area contributed by atoms with Crippen molar-refractivity contribution in [3.8, 4) is 0 Å². The highest BCUT2D eigenvalue weighted by atomic mass is 79.9. The van der Waals surface area contributed by atoms with Crippen LogP contribution in [-0.2, 0) is 0 Å². The lowest BCUT2D eigenvalue weighted by Gasteiger charge is -2.44. The highest BCUT2D eigenvalue weighted by molar-refractivity contribution is 9.10. The summed E-state index contributed by atoms with van der Waals surface area (Å²) in [7, 11) is 2.21. The van der Waals surface area contributed by atoms with Gasteiger partial charge in [-0.05, 0) is 51.6 Å². The Morgan fingerprint density at radius 3 is 2.37 bits per heavy atom. The molecule has 106 valence electrons. The molecule has 3 unspecified atom stereocenters. The summed E-state index contributed by atoms with van der Waals surface area (Å²) in [6.07, 6.45) is 0. The van der Waals surface area contributed by atoms with Gasteiger partial charge in [0, 0.05) is 41.4 Å². The highest BCUT2D eigenvalue weighted by Crippen LogP contribution is 2.30. The van der Waals surface area contributed by atoms with Crippen LogP contribution in [0, 0.1) is 0 Å². The van der Waals surface area contributed by atoms with E-state index in [4.69, 9.17) is 5.73 Å². The lowest BCUT2D eigenvalue weighted by molar-refractivity contribution is 0.170. The molecule has 0 aliphatic carbocycles. The van der Waals surface area contributed by atoms with Gasteiger partial charge in [-0.15, -0.1) is 0 Å². The molecule has 0 saturated carbocycles. The average Bonchev–Trinajstić information content (AvgIpc) is 2.35. The lowest BCUT2D eigenvalue weighted by atomic mass is 10.0. The van der Waals surface area contributed by atoms with Gasteiger partial charge in [0.15, 0.2) is 0 Å². The third-order valence-corrected chi connectivity index (χ3v) is 4.67. The van der Waals surface area contributed by atoms with Crippen molar-refractivity contribution in [2.45, 2.75) is 38.9 Å². The molecule has 3 nitrogen and oxygen atoms in total. The third-order valence-electron chi connectivity index (χ3n) is 4.18. The SMILES string of the molecule is CC(N)c1cc(Br)ccc1N1CC(C)N(C)C(C)C1. The van der Waals surface area contributed by atoms with Crippen molar-refractivity contribution >= 4 is 21.6 Å². The molecular weight excluding hydrogens is 302 g/mol. The molecule has 1 aromatic rings. The molecule has 3 atom stereocenters. The van der Waals surface area contributed by atoms with Gasteiger partial charge in [-0.1, -0.05) is 15.9 Å². The normalized spacial score (nSPS) is 26.5. The second-order valence-electron chi connectivity index (χ2n) is 5.76. The summed E-state index contributed by atoms with van der Waals surface area (Å²) in [5.41, 5.74) is 8.63. The zero-order chi connectivity index (χ0) is 14.2. The Hall–Kier alpha value is -0.580. The monoisotopic (exact) mass is 325 g/mol. The summed E-state index contributed by atoms with van der Waals surface area (Å²) in [5.74, 6) is 0. The summed E-state index contributed by atoms with van der Waals surface area (Å²) >= 11 is 3.54. The fraction of sp³-hybridized carbons (Fsp3) is 0.600. The van der Waals surface area contributed by atoms with Crippen molar-refractivity contribution in [3.63, 3.8) is 0 Å². The van der Waals surface area contributed by atoms with Crippen LogP contribution in [0.3, 0.4) is 0 Å². The molecule has 1 heterocycles. The van der Waals surface area contributed by atoms with Crippen LogP contribution < -0.4 is 10.6 Å². The van der Waals surface area contributed by atoms with Gasteiger partial charge < -0.3 is 10.6 Å². The van der Waals surface area contributed by atoms with Crippen LogP contribution in [0.1, 0.15) is 32.4 Å². The Morgan fingerprint density at radius 1 is 1.26 bits per heavy atom. The average molecular weight is 326 g/mol. The second-order valence-corrected chi connectivity index (χ2v) is 6.68. The maximum absolute atomic E-state index is 6.13. The molecule has 19 heavy (non-hydrogen) atoms. The maximum atomic E-state index is 6.13. The number of halogens is 1. The first-order valence-electron chi connectivity index (χ1n) is 6.92. The quantitative estimate of drug-likeness (QED) is 0.907. The van der Waals surface area contributed by atoms with Crippen LogP contribution in [0.4, 0.5) is 5.69 Å². The minimum Gasteiger partial charge on any atom is -0.368 e. The van der Waals surface area contributed by atoms with E-state index in [1.807, 2.05) is 6.92 Å². The molecule has 0 radical (unpaired) electrons. The van der Waals surface area contributed by atoms with Crippen LogP contribution in [0.5, 0.6) is 0 Å². The van der Waals surface area contributed by atoms with Gasteiger partial charge >= 0.3 is 0 Å². The van der Waals surface area contributed by atoms with Gasteiger partial charge in [0.2, 0.25) is 0 Å². The van der Waals surface area contributed by atoms with Crippen LogP contribution in [0.2, 0.25) is 0 Å². The van der Waals surface area contributed by atoms with Crippen LogP contribution in [0.25, 0.3) is 0 Å². The number of anilines is 1. The minimum atomic E-state index is 0.0535. The van der Waals surface area contributed by atoms with E-state index in [0.717, 1.165) is 17.6 Å². The Bertz CT molecular complexity index is 435. The molecule has 0 aromatic heterocycles. The first kappa shape index (κ1) is 14.8. The molecule has 1 aromatic carbocycles. The maximum Gasteiger partial charge on any atom is 0.0416 e. The van der Waals surface area contributed by atoms with Crippen LogP contribution in [0.15, 0.2) is 22.7 Å². The van der Waals surface area contributed by atoms with Gasteiger partial charge in [0.25, 0.3) is 0 Å². The van der Waals surface area contributed by atoms with Crippen molar-refractivity contribution in [1.82, 2.24) is 4.90 Å². The first-order chi connectivity index (χ1) is 8.90. The summed E-state index contributed by atoms with van der Waals surface area (Å²) in [5, 5.41) is 0. The fourth-order valence-electron chi connectivity index (χ4n) is 2.78. The smallest absolute Gasteiger partial charge is 0.0416 e. The zero-order valence-electron chi connectivity index (χ0n) is 12.2.